The zero-order chi connectivity index (χ0) is 12.3. The van der Waals surface area contributed by atoms with E-state index in [1.54, 1.807) is 0 Å². The van der Waals surface area contributed by atoms with Crippen molar-refractivity contribution in [1.82, 2.24) is 0 Å². The Bertz CT molecular complexity index is 310. The van der Waals surface area contributed by atoms with Crippen LogP contribution < -0.4 is 0 Å². The van der Waals surface area contributed by atoms with Crippen molar-refractivity contribution in [3.63, 3.8) is 0 Å². The summed E-state index contributed by atoms with van der Waals surface area (Å²) in [5.41, 5.74) is 0. The molecule has 0 aromatic carbocycles. The van der Waals surface area contributed by atoms with Crippen molar-refractivity contribution in [3.8, 4) is 0 Å². The monoisotopic (exact) mass is 542 g/mol. The quantitative estimate of drug-likeness (QED) is 0.291. The number of unbranched alkanes of at least 4 members (excludes halogenated alkanes) is 2. The lowest BCUT2D eigenvalue weighted by atomic mass is 10.3. The summed E-state index contributed by atoms with van der Waals surface area (Å²) in [5.74, 6) is 0. The second kappa shape index (κ2) is 6.85. The van der Waals surface area contributed by atoms with E-state index in [0.29, 0.717) is 0 Å². The Morgan fingerprint density at radius 2 is 1.50 bits per heavy atom. The second-order valence-electron chi connectivity index (χ2n) is 3.41. The number of rotatable bonds is 5. The van der Waals surface area contributed by atoms with Gasteiger partial charge in [-0.3, -0.25) is 0 Å². The molecule has 1 aliphatic rings. The highest BCUT2D eigenvalue weighted by atomic mass is 79.9. The molecule has 0 bridgehead atoms. The van der Waals surface area contributed by atoms with E-state index in [1.807, 2.05) is 0 Å². The van der Waals surface area contributed by atoms with Crippen LogP contribution in [0.1, 0.15) is 26.2 Å². The number of hydrogen-bond donors (Lipinski definition) is 0. The Morgan fingerprint density at radius 1 is 1.00 bits per heavy atom. The molecule has 0 radical (unpaired) electrons. The van der Waals surface area contributed by atoms with E-state index < -0.39 is 4.51 Å². The maximum Gasteiger partial charge on any atom is 0.188 e. The Hall–Kier alpha value is 1.84. The largest absolute Gasteiger partial charge is 0.354 e. The summed E-state index contributed by atoms with van der Waals surface area (Å²) in [6.07, 6.45) is 3.45. The van der Waals surface area contributed by atoms with Crippen molar-refractivity contribution >= 4 is 79.6 Å². The van der Waals surface area contributed by atoms with Crippen molar-refractivity contribution in [2.75, 3.05) is 6.61 Å². The van der Waals surface area contributed by atoms with Crippen LogP contribution in [0.3, 0.4) is 0 Å². The number of alkyl halides is 1. The van der Waals surface area contributed by atoms with Gasteiger partial charge < -0.3 is 4.74 Å². The highest BCUT2D eigenvalue weighted by Gasteiger charge is 2.43. The molecular weight excluding hydrogens is 536 g/mol. The van der Waals surface area contributed by atoms with Crippen LogP contribution in [0.5, 0.6) is 0 Å². The van der Waals surface area contributed by atoms with Gasteiger partial charge in [-0.2, -0.15) is 0 Å². The summed E-state index contributed by atoms with van der Waals surface area (Å²) < 4.78 is 9.13. The molecule has 1 aliphatic carbocycles. The van der Waals surface area contributed by atoms with Gasteiger partial charge in [0.05, 0.1) is 8.96 Å². The first kappa shape index (κ1) is 15.9. The van der Waals surface area contributed by atoms with Gasteiger partial charge in [0, 0.05) is 15.6 Å². The Morgan fingerprint density at radius 3 is 1.94 bits per heavy atom. The van der Waals surface area contributed by atoms with Crippen LogP contribution in [0.2, 0.25) is 0 Å². The van der Waals surface area contributed by atoms with Gasteiger partial charge >= 0.3 is 0 Å². The molecule has 1 rings (SSSR count). The van der Waals surface area contributed by atoms with Gasteiger partial charge in [-0.15, -0.1) is 0 Å². The minimum absolute atomic E-state index is 0.585. The van der Waals surface area contributed by atoms with Crippen LogP contribution in [0.25, 0.3) is 0 Å². The first-order chi connectivity index (χ1) is 7.45. The van der Waals surface area contributed by atoms with Crippen LogP contribution in [0, 0.1) is 0 Å². The van der Waals surface area contributed by atoms with Gasteiger partial charge in [-0.05, 0) is 86.1 Å². The highest BCUT2D eigenvalue weighted by molar-refractivity contribution is 9.18. The SMILES string of the molecule is CCCCCOC1(Br)C(Br)=C(Br)C(Br)=C1Br. The topological polar surface area (TPSA) is 9.23 Å². The standard InChI is InChI=1S/C10H11Br5O/c1-2-3-4-5-16-10(15)8(13)6(11)7(12)9(10)14/h2-5H2,1H3. The smallest absolute Gasteiger partial charge is 0.188 e. The summed E-state index contributed by atoms with van der Waals surface area (Å²) in [5, 5.41) is 0. The molecule has 0 heterocycles. The molecule has 0 spiro atoms. The van der Waals surface area contributed by atoms with Gasteiger partial charge in [-0.1, -0.05) is 19.8 Å². The average Bonchev–Trinajstić information content (AvgIpc) is 2.42. The van der Waals surface area contributed by atoms with Gasteiger partial charge in [0.25, 0.3) is 0 Å². The fraction of sp³-hybridized carbons (Fsp3) is 0.600. The molecule has 0 unspecified atom stereocenters. The molecular formula is C10H11Br5O. The molecule has 6 heteroatoms. The summed E-state index contributed by atoms with van der Waals surface area (Å²) in [6, 6.07) is 0. The van der Waals surface area contributed by atoms with Crippen molar-refractivity contribution in [1.29, 1.82) is 0 Å². The summed E-state index contributed by atoms with van der Waals surface area (Å²) in [7, 11) is 0. The molecule has 16 heavy (non-hydrogen) atoms. The number of ether oxygens (including phenoxy) is 1. The number of allylic oxidation sites excluding steroid dienone is 2. The third-order valence-corrected chi connectivity index (χ3v) is 9.37. The Labute approximate surface area is 138 Å². The van der Waals surface area contributed by atoms with Crippen LogP contribution in [0.15, 0.2) is 17.9 Å². The molecule has 0 aromatic heterocycles. The lowest BCUT2D eigenvalue weighted by molar-refractivity contribution is 0.0911. The van der Waals surface area contributed by atoms with Crippen molar-refractivity contribution in [3.05, 3.63) is 17.9 Å². The van der Waals surface area contributed by atoms with Crippen LogP contribution in [-0.2, 0) is 4.74 Å². The maximum atomic E-state index is 5.91. The lowest BCUT2D eigenvalue weighted by Crippen LogP contribution is -2.24. The van der Waals surface area contributed by atoms with Crippen LogP contribution in [-0.4, -0.2) is 11.1 Å². The first-order valence-corrected chi connectivity index (χ1v) is 8.86. The predicted octanol–water partition coefficient (Wildman–Crippen LogP) is 6.30. The van der Waals surface area contributed by atoms with Crippen LogP contribution >= 0.6 is 79.6 Å². The molecule has 0 atom stereocenters. The number of halogens is 5. The molecule has 0 aromatic rings. The summed E-state index contributed by atoms with van der Waals surface area (Å²) in [4.78, 5) is 0. The Kier molecular flexibility index (Phi) is 6.80. The maximum absolute atomic E-state index is 5.91. The highest BCUT2D eigenvalue weighted by Crippen LogP contribution is 2.55. The molecule has 1 nitrogen and oxygen atoms in total. The second-order valence-corrected chi connectivity index (χ2v) is 7.70. The van der Waals surface area contributed by atoms with Crippen molar-refractivity contribution in [2.45, 2.75) is 30.7 Å². The van der Waals surface area contributed by atoms with E-state index in [1.165, 1.54) is 12.8 Å². The first-order valence-electron chi connectivity index (χ1n) is 4.89. The average molecular weight is 547 g/mol. The molecule has 0 aliphatic heterocycles. The van der Waals surface area contributed by atoms with E-state index in [0.717, 1.165) is 31.0 Å². The molecule has 0 amide bonds. The van der Waals surface area contributed by atoms with Crippen LogP contribution in [0.4, 0.5) is 0 Å². The van der Waals surface area contributed by atoms with Gasteiger partial charge in [0.1, 0.15) is 0 Å². The van der Waals surface area contributed by atoms with E-state index in [2.05, 4.69) is 86.6 Å². The lowest BCUT2D eigenvalue weighted by Gasteiger charge is -2.24. The molecule has 0 saturated carbocycles. The van der Waals surface area contributed by atoms with Gasteiger partial charge in [0.15, 0.2) is 4.51 Å². The number of hydrogen-bond acceptors (Lipinski definition) is 1. The van der Waals surface area contributed by atoms with E-state index >= 15 is 0 Å². The zero-order valence-electron chi connectivity index (χ0n) is 8.63. The normalized spacial score (nSPS) is 19.9. The van der Waals surface area contributed by atoms with E-state index in [9.17, 15) is 0 Å². The van der Waals surface area contributed by atoms with Gasteiger partial charge in [-0.25, -0.2) is 0 Å². The molecule has 0 saturated heterocycles. The van der Waals surface area contributed by atoms with E-state index in [-0.39, 0.29) is 0 Å². The van der Waals surface area contributed by atoms with E-state index in [4.69, 9.17) is 4.74 Å². The van der Waals surface area contributed by atoms with Gasteiger partial charge in [0.2, 0.25) is 0 Å². The molecule has 0 N–H and O–H groups in total. The van der Waals surface area contributed by atoms with Crippen molar-refractivity contribution < 1.29 is 4.74 Å². The molecule has 0 fully saturated rings. The molecule has 92 valence electrons. The Balaban J connectivity index is 2.71. The fourth-order valence-electron chi connectivity index (χ4n) is 1.26. The predicted molar refractivity (Wildman–Crippen MR) is 86.9 cm³/mol. The minimum Gasteiger partial charge on any atom is -0.354 e. The summed E-state index contributed by atoms with van der Waals surface area (Å²) >= 11 is 17.7. The fourth-order valence-corrected chi connectivity index (χ4v) is 5.13. The third kappa shape index (κ3) is 3.23. The van der Waals surface area contributed by atoms with Crippen molar-refractivity contribution in [2.24, 2.45) is 0 Å². The summed E-state index contributed by atoms with van der Waals surface area (Å²) in [6.45, 7) is 2.90. The third-order valence-electron chi connectivity index (χ3n) is 2.19. The minimum atomic E-state index is -0.585. The zero-order valence-corrected chi connectivity index (χ0v) is 16.6.